The first kappa shape index (κ1) is 9.76. The Labute approximate surface area is 75.5 Å². The molecular weight excluding hydrogens is 148 g/mol. The van der Waals surface area contributed by atoms with Crippen molar-refractivity contribution in [3.05, 3.63) is 0 Å². The Bertz CT molecular complexity index is 189. The minimum atomic E-state index is -0.0617. The van der Waals surface area contributed by atoms with E-state index in [1.54, 1.807) is 0 Å². The van der Waals surface area contributed by atoms with Crippen LogP contribution < -0.4 is 0 Å². The smallest absolute Gasteiger partial charge is 0.139 e. The SMILES string of the molecule is CC1(C)CCCC(C)(C)C(=O)C1. The van der Waals surface area contributed by atoms with Crippen molar-refractivity contribution in [2.24, 2.45) is 10.8 Å². The summed E-state index contributed by atoms with van der Waals surface area (Å²) in [5.41, 5.74) is 0.179. The largest absolute Gasteiger partial charge is 0.299 e. The second kappa shape index (κ2) is 2.86. The molecule has 1 heteroatoms. The highest BCUT2D eigenvalue weighted by atomic mass is 16.1. The molecule has 1 aliphatic carbocycles. The van der Waals surface area contributed by atoms with Gasteiger partial charge in [0.15, 0.2) is 0 Å². The molecule has 0 spiro atoms. The second-order valence-corrected chi connectivity index (χ2v) is 5.50. The lowest BCUT2D eigenvalue weighted by molar-refractivity contribution is -0.128. The van der Waals surface area contributed by atoms with E-state index in [-0.39, 0.29) is 10.8 Å². The fourth-order valence-corrected chi connectivity index (χ4v) is 1.91. The molecule has 1 aliphatic rings. The van der Waals surface area contributed by atoms with Crippen LogP contribution in [0.1, 0.15) is 53.4 Å². The van der Waals surface area contributed by atoms with Gasteiger partial charge >= 0.3 is 0 Å². The predicted octanol–water partition coefficient (Wildman–Crippen LogP) is 3.18. The first-order valence-electron chi connectivity index (χ1n) is 4.87. The second-order valence-electron chi connectivity index (χ2n) is 5.50. The molecule has 0 saturated heterocycles. The zero-order valence-electron chi connectivity index (χ0n) is 8.74. The summed E-state index contributed by atoms with van der Waals surface area (Å²) in [5, 5.41) is 0. The third-order valence-electron chi connectivity index (χ3n) is 3.05. The van der Waals surface area contributed by atoms with Crippen LogP contribution >= 0.6 is 0 Å². The van der Waals surface area contributed by atoms with Crippen molar-refractivity contribution in [1.82, 2.24) is 0 Å². The van der Waals surface area contributed by atoms with Crippen molar-refractivity contribution in [1.29, 1.82) is 0 Å². The maximum Gasteiger partial charge on any atom is 0.139 e. The summed E-state index contributed by atoms with van der Waals surface area (Å²) in [7, 11) is 0. The Hall–Kier alpha value is -0.330. The highest BCUT2D eigenvalue weighted by Gasteiger charge is 2.35. The molecule has 1 rings (SSSR count). The van der Waals surface area contributed by atoms with Gasteiger partial charge in [0.1, 0.15) is 5.78 Å². The number of hydrogen-bond acceptors (Lipinski definition) is 1. The molecule has 1 fully saturated rings. The molecule has 0 aromatic rings. The number of hydrogen-bond donors (Lipinski definition) is 0. The van der Waals surface area contributed by atoms with Gasteiger partial charge < -0.3 is 0 Å². The third-order valence-corrected chi connectivity index (χ3v) is 3.05. The summed E-state index contributed by atoms with van der Waals surface area (Å²) < 4.78 is 0. The number of carbonyl (C=O) groups excluding carboxylic acids is 1. The minimum Gasteiger partial charge on any atom is -0.299 e. The van der Waals surface area contributed by atoms with Crippen LogP contribution in [0.3, 0.4) is 0 Å². The van der Waals surface area contributed by atoms with Gasteiger partial charge in [-0.05, 0) is 18.3 Å². The van der Waals surface area contributed by atoms with E-state index < -0.39 is 0 Å². The van der Waals surface area contributed by atoms with Gasteiger partial charge in [0.05, 0.1) is 0 Å². The zero-order chi connectivity index (χ0) is 9.41. The summed E-state index contributed by atoms with van der Waals surface area (Å²) >= 11 is 0. The minimum absolute atomic E-state index is 0.0617. The number of Topliss-reactive ketones (excluding diaryl/α,β-unsaturated/α-hetero) is 1. The van der Waals surface area contributed by atoms with Crippen molar-refractivity contribution >= 4 is 5.78 Å². The van der Waals surface area contributed by atoms with E-state index in [2.05, 4.69) is 27.7 Å². The predicted molar refractivity (Wildman–Crippen MR) is 51.0 cm³/mol. The molecule has 0 heterocycles. The molecule has 0 aromatic heterocycles. The molecule has 0 amide bonds. The Morgan fingerprint density at radius 1 is 1.08 bits per heavy atom. The molecule has 0 bridgehead atoms. The molecule has 12 heavy (non-hydrogen) atoms. The van der Waals surface area contributed by atoms with E-state index in [1.165, 1.54) is 12.8 Å². The lowest BCUT2D eigenvalue weighted by Gasteiger charge is -2.23. The lowest BCUT2D eigenvalue weighted by Crippen LogP contribution is -2.25. The Morgan fingerprint density at radius 2 is 1.67 bits per heavy atom. The van der Waals surface area contributed by atoms with Gasteiger partial charge in [-0.3, -0.25) is 4.79 Å². The topological polar surface area (TPSA) is 17.1 Å². The first-order valence-corrected chi connectivity index (χ1v) is 4.87. The zero-order valence-corrected chi connectivity index (χ0v) is 8.74. The number of ketones is 1. The van der Waals surface area contributed by atoms with Gasteiger partial charge in [-0.2, -0.15) is 0 Å². The quantitative estimate of drug-likeness (QED) is 0.508. The van der Waals surface area contributed by atoms with Crippen molar-refractivity contribution in [3.8, 4) is 0 Å². The van der Waals surface area contributed by atoms with E-state index in [9.17, 15) is 4.79 Å². The van der Waals surface area contributed by atoms with Gasteiger partial charge in [-0.25, -0.2) is 0 Å². The fourth-order valence-electron chi connectivity index (χ4n) is 1.91. The van der Waals surface area contributed by atoms with Crippen LogP contribution in [0.25, 0.3) is 0 Å². The maximum atomic E-state index is 11.8. The molecule has 0 atom stereocenters. The van der Waals surface area contributed by atoms with Crippen LogP contribution in [-0.2, 0) is 4.79 Å². The molecule has 0 aromatic carbocycles. The van der Waals surface area contributed by atoms with Crippen LogP contribution in [0.5, 0.6) is 0 Å². The Balaban J connectivity index is 2.77. The van der Waals surface area contributed by atoms with Gasteiger partial charge in [0.25, 0.3) is 0 Å². The van der Waals surface area contributed by atoms with Gasteiger partial charge in [-0.1, -0.05) is 34.1 Å². The van der Waals surface area contributed by atoms with Gasteiger partial charge in [-0.15, -0.1) is 0 Å². The summed E-state index contributed by atoms with van der Waals surface area (Å²) in [6, 6.07) is 0. The first-order chi connectivity index (χ1) is 5.33. The highest BCUT2D eigenvalue weighted by molar-refractivity contribution is 5.84. The number of carbonyl (C=O) groups is 1. The van der Waals surface area contributed by atoms with Crippen molar-refractivity contribution in [2.75, 3.05) is 0 Å². The average Bonchev–Trinajstić information content (AvgIpc) is 1.90. The monoisotopic (exact) mass is 168 g/mol. The van der Waals surface area contributed by atoms with Crippen LogP contribution in [0.2, 0.25) is 0 Å². The maximum absolute atomic E-state index is 11.8. The fraction of sp³-hybridized carbons (Fsp3) is 0.909. The van der Waals surface area contributed by atoms with E-state index in [0.717, 1.165) is 12.8 Å². The van der Waals surface area contributed by atoms with Crippen LogP contribution in [0.4, 0.5) is 0 Å². The van der Waals surface area contributed by atoms with Crippen LogP contribution in [0, 0.1) is 10.8 Å². The van der Waals surface area contributed by atoms with Crippen molar-refractivity contribution in [2.45, 2.75) is 53.4 Å². The molecule has 0 radical (unpaired) electrons. The van der Waals surface area contributed by atoms with Crippen LogP contribution in [-0.4, -0.2) is 5.78 Å². The molecule has 0 N–H and O–H groups in total. The molecule has 1 saturated carbocycles. The summed E-state index contributed by atoms with van der Waals surface area (Å²) in [4.78, 5) is 11.8. The lowest BCUT2D eigenvalue weighted by atomic mass is 9.80. The van der Waals surface area contributed by atoms with E-state index in [1.807, 2.05) is 0 Å². The van der Waals surface area contributed by atoms with Gasteiger partial charge in [0.2, 0.25) is 0 Å². The number of rotatable bonds is 0. The average molecular weight is 168 g/mol. The standard InChI is InChI=1S/C11H20O/c1-10(2)6-5-7-11(3,4)9(12)8-10/h5-8H2,1-4H3. The van der Waals surface area contributed by atoms with E-state index >= 15 is 0 Å². The Morgan fingerprint density at radius 3 is 2.25 bits per heavy atom. The van der Waals surface area contributed by atoms with Crippen molar-refractivity contribution in [3.63, 3.8) is 0 Å². The summed E-state index contributed by atoms with van der Waals surface area (Å²) in [6.07, 6.45) is 4.23. The molecule has 0 aliphatic heterocycles. The van der Waals surface area contributed by atoms with E-state index in [4.69, 9.17) is 0 Å². The summed E-state index contributed by atoms with van der Waals surface area (Å²) in [5.74, 6) is 0.449. The van der Waals surface area contributed by atoms with E-state index in [0.29, 0.717) is 5.78 Å². The third kappa shape index (κ3) is 2.09. The molecule has 0 unspecified atom stereocenters. The molecule has 70 valence electrons. The normalized spacial score (nSPS) is 28.2. The van der Waals surface area contributed by atoms with Crippen molar-refractivity contribution < 1.29 is 4.79 Å². The Kier molecular flexibility index (Phi) is 2.33. The summed E-state index contributed by atoms with van der Waals surface area (Å²) in [6.45, 7) is 8.56. The molecular formula is C11H20O. The molecule has 1 nitrogen and oxygen atoms in total. The van der Waals surface area contributed by atoms with Gasteiger partial charge in [0, 0.05) is 11.8 Å². The highest BCUT2D eigenvalue weighted by Crippen LogP contribution is 2.39. The van der Waals surface area contributed by atoms with Crippen LogP contribution in [0.15, 0.2) is 0 Å².